The van der Waals surface area contributed by atoms with Crippen LogP contribution in [0.15, 0.2) is 42.5 Å². The van der Waals surface area contributed by atoms with Crippen molar-refractivity contribution < 1.29 is 9.90 Å². The zero-order valence-corrected chi connectivity index (χ0v) is 12.0. The van der Waals surface area contributed by atoms with Crippen LogP contribution in [-0.2, 0) is 0 Å². The summed E-state index contributed by atoms with van der Waals surface area (Å²) in [6, 6.07) is 12.7. The Hall–Kier alpha value is -0.259. The van der Waals surface area contributed by atoms with Gasteiger partial charge in [0.1, 0.15) is 0 Å². The molecule has 3 heteroatoms. The number of hydrogen-bond donors (Lipinski definition) is 1. The van der Waals surface area contributed by atoms with Gasteiger partial charge in [0, 0.05) is 48.9 Å². The van der Waals surface area contributed by atoms with Crippen molar-refractivity contribution >= 4 is 65.6 Å². The molecule has 0 heterocycles. The third-order valence-electron chi connectivity index (χ3n) is 2.02. The van der Waals surface area contributed by atoms with Gasteiger partial charge in [0.2, 0.25) is 0 Å². The molecule has 0 amide bonds. The van der Waals surface area contributed by atoms with Crippen molar-refractivity contribution in [3.8, 4) is 0 Å². The van der Waals surface area contributed by atoms with Gasteiger partial charge in [0.25, 0.3) is 0 Å². The molecule has 0 unspecified atom stereocenters. The van der Waals surface area contributed by atoms with Gasteiger partial charge in [-0.15, -0.1) is 0 Å². The number of rotatable bonds is 1. The fraction of sp³-hybridized carbons (Fsp3) is 0. The Balaban J connectivity index is 0.000000980. The Morgan fingerprint density at radius 1 is 1.00 bits per heavy atom. The molecule has 0 spiro atoms. The summed E-state index contributed by atoms with van der Waals surface area (Å²) >= 11 is 0. The average Bonchev–Trinajstić information content (AvgIpc) is 2.17. The molecule has 0 atom stereocenters. The third-order valence-corrected chi connectivity index (χ3v) is 2.02. The summed E-state index contributed by atoms with van der Waals surface area (Å²) in [4.78, 5) is 10.8. The molecule has 0 fully saturated rings. The average molecular weight is 310 g/mol. The molecule has 2 aromatic rings. The van der Waals surface area contributed by atoms with Crippen molar-refractivity contribution in [2.45, 2.75) is 0 Å². The normalized spacial score (nSPS) is 9.43. The summed E-state index contributed by atoms with van der Waals surface area (Å²) in [7, 11) is 0. The number of carboxylic acid groups (broad SMARTS) is 1. The van der Waals surface area contributed by atoms with Gasteiger partial charge in [-0.2, -0.15) is 0 Å². The summed E-state index contributed by atoms with van der Waals surface area (Å²) in [5, 5.41) is 10.6. The van der Waals surface area contributed by atoms with Crippen LogP contribution < -0.4 is 0 Å². The maximum atomic E-state index is 10.8. The van der Waals surface area contributed by atoms with Gasteiger partial charge in [-0.3, -0.25) is 0 Å². The van der Waals surface area contributed by atoms with E-state index < -0.39 is 5.97 Å². The molecule has 2 aromatic carbocycles. The van der Waals surface area contributed by atoms with Crippen LogP contribution in [0.5, 0.6) is 0 Å². The second kappa shape index (κ2) is 5.00. The minimum Gasteiger partial charge on any atom is -0.478 e. The first-order chi connectivity index (χ1) is 6.29. The van der Waals surface area contributed by atoms with Crippen LogP contribution in [0, 0.1) is 0 Å². The molecular weight excluding hydrogens is 301 g/mol. The Labute approximate surface area is 122 Å². The van der Waals surface area contributed by atoms with Crippen molar-refractivity contribution in [2.24, 2.45) is 0 Å². The maximum absolute atomic E-state index is 10.8. The molecule has 14 heavy (non-hydrogen) atoms. The fourth-order valence-electron chi connectivity index (χ4n) is 1.41. The predicted molar refractivity (Wildman–Crippen MR) is 56.7 cm³/mol. The number of aromatic carboxylic acids is 1. The summed E-state index contributed by atoms with van der Waals surface area (Å²) < 4.78 is 0. The predicted octanol–water partition coefficient (Wildman–Crippen LogP) is 2.16. The van der Waals surface area contributed by atoms with Crippen LogP contribution in [0.3, 0.4) is 0 Å². The Bertz CT molecular complexity index is 460. The molecule has 0 saturated heterocycles. The Kier molecular flexibility index (Phi) is 4.22. The van der Waals surface area contributed by atoms with Gasteiger partial charge in [0.15, 0.2) is 0 Å². The van der Waals surface area contributed by atoms with Crippen LogP contribution >= 0.6 is 0 Å². The molecule has 0 saturated carbocycles. The minimum absolute atomic E-state index is 0. The summed E-state index contributed by atoms with van der Waals surface area (Å²) in [5.74, 6) is -0.878. The van der Waals surface area contributed by atoms with E-state index in [4.69, 9.17) is 5.11 Å². The molecule has 0 aliphatic carbocycles. The first kappa shape index (κ1) is 11.8. The quantitative estimate of drug-likeness (QED) is 0.820. The van der Waals surface area contributed by atoms with Crippen LogP contribution in [-0.4, -0.2) is 60.0 Å². The minimum atomic E-state index is -0.878. The van der Waals surface area contributed by atoms with Gasteiger partial charge in [-0.1, -0.05) is 36.4 Å². The second-order valence-corrected chi connectivity index (χ2v) is 2.83. The second-order valence-electron chi connectivity index (χ2n) is 2.83. The SMILES string of the molecule is O=C(O)c1cccc2ccccc12.[Ba]. The number of hydrogen-bond acceptors (Lipinski definition) is 1. The topological polar surface area (TPSA) is 37.3 Å². The molecule has 2 rings (SSSR count). The van der Waals surface area contributed by atoms with E-state index in [2.05, 4.69) is 0 Å². The Morgan fingerprint density at radius 3 is 2.36 bits per heavy atom. The standard InChI is InChI=1S/C11H8O2.Ba/c12-11(13)10-7-3-5-8-4-1-2-6-9(8)10;/h1-7H,(H,12,13);. The number of carbonyl (C=O) groups is 1. The van der Waals surface area contributed by atoms with E-state index in [1.54, 1.807) is 12.1 Å². The largest absolute Gasteiger partial charge is 0.478 e. The van der Waals surface area contributed by atoms with Gasteiger partial charge in [0.05, 0.1) is 5.56 Å². The van der Waals surface area contributed by atoms with E-state index in [9.17, 15) is 4.79 Å². The van der Waals surface area contributed by atoms with Crippen LogP contribution in [0.25, 0.3) is 10.8 Å². The van der Waals surface area contributed by atoms with E-state index >= 15 is 0 Å². The van der Waals surface area contributed by atoms with E-state index in [1.165, 1.54) is 0 Å². The molecule has 0 aliphatic heterocycles. The van der Waals surface area contributed by atoms with Gasteiger partial charge in [-0.05, 0) is 16.8 Å². The van der Waals surface area contributed by atoms with Crippen molar-refractivity contribution in [1.29, 1.82) is 0 Å². The first-order valence-corrected chi connectivity index (χ1v) is 4.00. The zero-order chi connectivity index (χ0) is 9.26. The summed E-state index contributed by atoms with van der Waals surface area (Å²) in [6.45, 7) is 0. The van der Waals surface area contributed by atoms with Gasteiger partial charge in [-0.25, -0.2) is 4.79 Å². The molecule has 0 aliphatic rings. The van der Waals surface area contributed by atoms with Crippen molar-refractivity contribution in [3.63, 3.8) is 0 Å². The van der Waals surface area contributed by atoms with Crippen LogP contribution in [0.2, 0.25) is 0 Å². The van der Waals surface area contributed by atoms with E-state index in [0.717, 1.165) is 10.8 Å². The summed E-state index contributed by atoms with van der Waals surface area (Å²) in [6.07, 6.45) is 0. The van der Waals surface area contributed by atoms with Crippen molar-refractivity contribution in [3.05, 3.63) is 48.0 Å². The zero-order valence-electron chi connectivity index (χ0n) is 7.60. The van der Waals surface area contributed by atoms with Gasteiger partial charge < -0.3 is 5.11 Å². The summed E-state index contributed by atoms with van der Waals surface area (Å²) in [5.41, 5.74) is 0.359. The number of fused-ring (bicyclic) bond motifs is 1. The molecule has 66 valence electrons. The van der Waals surface area contributed by atoms with Gasteiger partial charge >= 0.3 is 5.97 Å². The molecule has 0 bridgehead atoms. The van der Waals surface area contributed by atoms with E-state index in [0.29, 0.717) is 5.56 Å². The van der Waals surface area contributed by atoms with Crippen LogP contribution in [0.1, 0.15) is 10.4 Å². The smallest absolute Gasteiger partial charge is 0.336 e. The molecule has 2 radical (unpaired) electrons. The van der Waals surface area contributed by atoms with Crippen molar-refractivity contribution in [1.82, 2.24) is 0 Å². The van der Waals surface area contributed by atoms with Crippen LogP contribution in [0.4, 0.5) is 0 Å². The number of carboxylic acids is 1. The third kappa shape index (κ3) is 2.21. The molecule has 1 N–H and O–H groups in total. The molecule has 0 aromatic heterocycles. The van der Waals surface area contributed by atoms with E-state index in [-0.39, 0.29) is 48.9 Å². The monoisotopic (exact) mass is 310 g/mol. The van der Waals surface area contributed by atoms with E-state index in [1.807, 2.05) is 30.3 Å². The van der Waals surface area contributed by atoms with Crippen molar-refractivity contribution in [2.75, 3.05) is 0 Å². The Morgan fingerprint density at radius 2 is 1.64 bits per heavy atom. The maximum Gasteiger partial charge on any atom is 0.336 e. The molecular formula is C11H8BaO2. The molecule has 2 nitrogen and oxygen atoms in total. The fourth-order valence-corrected chi connectivity index (χ4v) is 1.41. The first-order valence-electron chi connectivity index (χ1n) is 4.00. The number of benzene rings is 2.